The summed E-state index contributed by atoms with van der Waals surface area (Å²) in [6.45, 7) is 8.03. The Bertz CT molecular complexity index is 873. The van der Waals surface area contributed by atoms with E-state index in [0.29, 0.717) is 11.3 Å². The third-order valence-electron chi connectivity index (χ3n) is 5.56. The molecule has 1 atom stereocenters. The fourth-order valence-electron chi connectivity index (χ4n) is 3.55. The maximum absolute atomic E-state index is 12.9. The van der Waals surface area contributed by atoms with Gasteiger partial charge in [-0.05, 0) is 68.5 Å². The molecular weight excluding hydrogens is 376 g/mol. The number of benzene rings is 2. The van der Waals surface area contributed by atoms with E-state index in [4.69, 9.17) is 0 Å². The second-order valence-corrected chi connectivity index (χ2v) is 7.84. The lowest BCUT2D eigenvalue weighted by Gasteiger charge is -2.23. The van der Waals surface area contributed by atoms with E-state index in [1.165, 1.54) is 5.56 Å². The van der Waals surface area contributed by atoms with Gasteiger partial charge in [0.1, 0.15) is 0 Å². The Kier molecular flexibility index (Phi) is 7.33. The van der Waals surface area contributed by atoms with E-state index in [1.54, 1.807) is 6.07 Å². The molecule has 6 nitrogen and oxygen atoms in total. The molecule has 0 spiro atoms. The van der Waals surface area contributed by atoms with Gasteiger partial charge in [0.15, 0.2) is 0 Å². The summed E-state index contributed by atoms with van der Waals surface area (Å²) >= 11 is 0. The monoisotopic (exact) mass is 408 g/mol. The minimum Gasteiger partial charge on any atom is -0.371 e. The SMILES string of the molecule is CCc1ccc(NC(=O)Nc2ccc(N3CCCC3)c(C(=O)N[C@H](C)CC)c2)cc1. The molecule has 3 rings (SSSR count). The van der Waals surface area contributed by atoms with Crippen molar-refractivity contribution in [3.8, 4) is 0 Å². The van der Waals surface area contributed by atoms with Gasteiger partial charge in [-0.2, -0.15) is 0 Å². The topological polar surface area (TPSA) is 73.5 Å². The Balaban J connectivity index is 1.76. The van der Waals surface area contributed by atoms with Crippen molar-refractivity contribution in [2.75, 3.05) is 28.6 Å². The molecule has 6 heteroatoms. The average molecular weight is 409 g/mol. The van der Waals surface area contributed by atoms with Gasteiger partial charge in [-0.3, -0.25) is 4.79 Å². The molecule has 1 fully saturated rings. The summed E-state index contributed by atoms with van der Waals surface area (Å²) in [4.78, 5) is 27.6. The molecule has 0 aliphatic carbocycles. The maximum Gasteiger partial charge on any atom is 0.323 e. The molecule has 3 N–H and O–H groups in total. The molecule has 0 bridgehead atoms. The van der Waals surface area contributed by atoms with Crippen molar-refractivity contribution in [2.45, 2.75) is 52.5 Å². The lowest BCUT2D eigenvalue weighted by atomic mass is 10.1. The van der Waals surface area contributed by atoms with E-state index in [1.807, 2.05) is 50.2 Å². The highest BCUT2D eigenvalue weighted by molar-refractivity contribution is 6.04. The first-order valence-electron chi connectivity index (χ1n) is 10.9. The van der Waals surface area contributed by atoms with Crippen LogP contribution in [0, 0.1) is 0 Å². The summed E-state index contributed by atoms with van der Waals surface area (Å²) in [7, 11) is 0. The Labute approximate surface area is 179 Å². The Morgan fingerprint density at radius 2 is 1.60 bits per heavy atom. The Morgan fingerprint density at radius 1 is 0.967 bits per heavy atom. The predicted molar refractivity (Wildman–Crippen MR) is 124 cm³/mol. The van der Waals surface area contributed by atoms with Crippen molar-refractivity contribution < 1.29 is 9.59 Å². The van der Waals surface area contributed by atoms with Crippen LogP contribution in [0.25, 0.3) is 0 Å². The zero-order valence-electron chi connectivity index (χ0n) is 18.1. The van der Waals surface area contributed by atoms with Crippen LogP contribution in [0.2, 0.25) is 0 Å². The first kappa shape index (κ1) is 21.7. The standard InChI is InChI=1S/C24H32N4O2/c1-4-17(3)25-23(29)21-16-20(12-13-22(21)28-14-6-7-15-28)27-24(30)26-19-10-8-18(5-2)9-11-19/h8-13,16-17H,4-7,14-15H2,1-3H3,(H,25,29)(H2,26,27,30)/t17-/m1/s1. The van der Waals surface area contributed by atoms with Crippen LogP contribution in [0.3, 0.4) is 0 Å². The summed E-state index contributed by atoms with van der Waals surface area (Å²) in [5.41, 5.74) is 4.06. The Hall–Kier alpha value is -3.02. The highest BCUT2D eigenvalue weighted by atomic mass is 16.2. The fourth-order valence-corrected chi connectivity index (χ4v) is 3.55. The smallest absolute Gasteiger partial charge is 0.323 e. The minimum atomic E-state index is -0.332. The molecule has 0 radical (unpaired) electrons. The number of aryl methyl sites for hydroxylation is 1. The highest BCUT2D eigenvalue weighted by Gasteiger charge is 2.21. The number of carbonyl (C=O) groups excluding carboxylic acids is 2. The van der Waals surface area contributed by atoms with E-state index in [2.05, 4.69) is 27.8 Å². The molecule has 2 aromatic rings. The second kappa shape index (κ2) is 10.1. The predicted octanol–water partition coefficient (Wildman–Crippen LogP) is 5.02. The van der Waals surface area contributed by atoms with E-state index >= 15 is 0 Å². The van der Waals surface area contributed by atoms with Crippen LogP contribution in [-0.4, -0.2) is 31.1 Å². The average Bonchev–Trinajstić information content (AvgIpc) is 3.28. The molecule has 1 heterocycles. The van der Waals surface area contributed by atoms with Crippen LogP contribution >= 0.6 is 0 Å². The van der Waals surface area contributed by atoms with Crippen molar-refractivity contribution in [1.29, 1.82) is 0 Å². The number of anilines is 3. The van der Waals surface area contributed by atoms with Crippen LogP contribution in [0.5, 0.6) is 0 Å². The van der Waals surface area contributed by atoms with Crippen molar-refractivity contribution in [1.82, 2.24) is 5.32 Å². The molecule has 0 aromatic heterocycles. The summed E-state index contributed by atoms with van der Waals surface area (Å²) in [6, 6.07) is 13.1. The number of nitrogens with zero attached hydrogens (tertiary/aromatic N) is 1. The van der Waals surface area contributed by atoms with Crippen molar-refractivity contribution in [3.63, 3.8) is 0 Å². The normalized spacial score (nSPS) is 14.3. The van der Waals surface area contributed by atoms with E-state index in [-0.39, 0.29) is 18.0 Å². The lowest BCUT2D eigenvalue weighted by molar-refractivity contribution is 0.0939. The van der Waals surface area contributed by atoms with Crippen LogP contribution in [0.15, 0.2) is 42.5 Å². The van der Waals surface area contributed by atoms with Gasteiger partial charge >= 0.3 is 6.03 Å². The highest BCUT2D eigenvalue weighted by Crippen LogP contribution is 2.28. The van der Waals surface area contributed by atoms with Crippen molar-refractivity contribution >= 4 is 29.0 Å². The van der Waals surface area contributed by atoms with Gasteiger partial charge < -0.3 is 20.9 Å². The lowest BCUT2D eigenvalue weighted by Crippen LogP contribution is -2.33. The van der Waals surface area contributed by atoms with Gasteiger partial charge in [-0.1, -0.05) is 26.0 Å². The zero-order valence-corrected chi connectivity index (χ0v) is 18.1. The number of amides is 3. The molecule has 3 amide bonds. The first-order valence-corrected chi connectivity index (χ1v) is 10.9. The maximum atomic E-state index is 12.9. The minimum absolute atomic E-state index is 0.0925. The molecular formula is C24H32N4O2. The largest absolute Gasteiger partial charge is 0.371 e. The summed E-state index contributed by atoms with van der Waals surface area (Å²) in [5, 5.41) is 8.74. The Morgan fingerprint density at radius 3 is 2.23 bits per heavy atom. The van der Waals surface area contributed by atoms with Gasteiger partial charge in [0.05, 0.1) is 5.56 Å². The fraction of sp³-hybridized carbons (Fsp3) is 0.417. The number of carbonyl (C=O) groups is 2. The quantitative estimate of drug-likeness (QED) is 0.602. The van der Waals surface area contributed by atoms with Gasteiger partial charge in [0.2, 0.25) is 0 Å². The molecule has 1 saturated heterocycles. The number of rotatable bonds is 7. The van der Waals surface area contributed by atoms with E-state index in [0.717, 1.165) is 50.1 Å². The van der Waals surface area contributed by atoms with Crippen LogP contribution in [-0.2, 0) is 6.42 Å². The molecule has 0 unspecified atom stereocenters. The number of urea groups is 1. The number of hydrogen-bond acceptors (Lipinski definition) is 3. The molecule has 1 aliphatic rings. The molecule has 30 heavy (non-hydrogen) atoms. The summed E-state index contributed by atoms with van der Waals surface area (Å²) in [5.74, 6) is -0.106. The van der Waals surface area contributed by atoms with Gasteiger partial charge in [-0.15, -0.1) is 0 Å². The van der Waals surface area contributed by atoms with Crippen molar-refractivity contribution in [3.05, 3.63) is 53.6 Å². The molecule has 1 aliphatic heterocycles. The molecule has 0 saturated carbocycles. The van der Waals surface area contributed by atoms with Gasteiger partial charge in [0.25, 0.3) is 5.91 Å². The summed E-state index contributed by atoms with van der Waals surface area (Å²) < 4.78 is 0. The third kappa shape index (κ3) is 5.53. The third-order valence-corrected chi connectivity index (χ3v) is 5.56. The van der Waals surface area contributed by atoms with E-state index < -0.39 is 0 Å². The van der Waals surface area contributed by atoms with Crippen molar-refractivity contribution in [2.24, 2.45) is 0 Å². The van der Waals surface area contributed by atoms with Gasteiger partial charge in [0, 0.05) is 36.2 Å². The van der Waals surface area contributed by atoms with Crippen LogP contribution in [0.1, 0.15) is 56.0 Å². The summed E-state index contributed by atoms with van der Waals surface area (Å²) in [6.07, 6.45) is 4.08. The van der Waals surface area contributed by atoms with Crippen LogP contribution in [0.4, 0.5) is 21.9 Å². The second-order valence-electron chi connectivity index (χ2n) is 7.84. The zero-order chi connectivity index (χ0) is 21.5. The first-order chi connectivity index (χ1) is 14.5. The van der Waals surface area contributed by atoms with E-state index in [9.17, 15) is 9.59 Å². The van der Waals surface area contributed by atoms with Crippen LogP contribution < -0.4 is 20.9 Å². The molecule has 160 valence electrons. The number of hydrogen-bond donors (Lipinski definition) is 3. The van der Waals surface area contributed by atoms with Gasteiger partial charge in [-0.25, -0.2) is 4.79 Å². The molecule has 2 aromatic carbocycles. The number of nitrogens with one attached hydrogen (secondary N) is 3.